The van der Waals surface area contributed by atoms with Gasteiger partial charge in [-0.2, -0.15) is 0 Å². The molecular formula is C12H26O4. The van der Waals surface area contributed by atoms with Crippen LogP contribution in [0.3, 0.4) is 0 Å². The van der Waals surface area contributed by atoms with Crippen LogP contribution in [0.2, 0.25) is 0 Å². The van der Waals surface area contributed by atoms with E-state index in [9.17, 15) is 0 Å². The fourth-order valence-corrected chi connectivity index (χ4v) is 2.17. The van der Waals surface area contributed by atoms with E-state index in [4.69, 9.17) is 5.26 Å². The van der Waals surface area contributed by atoms with Crippen LogP contribution in [0.4, 0.5) is 0 Å². The summed E-state index contributed by atoms with van der Waals surface area (Å²) in [5, 5.41) is 15.1. The Bertz CT molecular complexity index is 138. The maximum absolute atomic E-state index is 7.82. The van der Waals surface area contributed by atoms with Gasteiger partial charge < -0.3 is 0 Å². The number of hydrogen-bond acceptors (Lipinski definition) is 4. The van der Waals surface area contributed by atoms with Gasteiger partial charge in [0.25, 0.3) is 0 Å². The molecule has 98 valence electrons. The van der Waals surface area contributed by atoms with Gasteiger partial charge in [0.2, 0.25) is 0 Å². The molecule has 0 rings (SSSR count). The first-order valence-corrected chi connectivity index (χ1v) is 6.34. The molecular weight excluding hydrogens is 208 g/mol. The second-order valence-corrected chi connectivity index (χ2v) is 4.34. The Kier molecular flexibility index (Phi) is 9.92. The molecule has 4 heteroatoms. The smallest absolute Gasteiger partial charge is 0.0854 e. The quantitative estimate of drug-likeness (QED) is 0.332. The Morgan fingerprint density at radius 1 is 0.938 bits per heavy atom. The molecule has 16 heavy (non-hydrogen) atoms. The van der Waals surface area contributed by atoms with Crippen molar-refractivity contribution in [1.82, 2.24) is 0 Å². The first-order valence-electron chi connectivity index (χ1n) is 6.34. The summed E-state index contributed by atoms with van der Waals surface area (Å²) in [7, 11) is 0. The minimum Gasteiger partial charge on any atom is -0.219 e. The van der Waals surface area contributed by atoms with Crippen LogP contribution in [0.5, 0.6) is 0 Å². The summed E-state index contributed by atoms with van der Waals surface area (Å²) in [5.74, 6) is 0. The van der Waals surface area contributed by atoms with Crippen molar-refractivity contribution in [3.63, 3.8) is 0 Å². The van der Waals surface area contributed by atoms with Crippen LogP contribution in [0.1, 0.15) is 65.7 Å². The molecule has 0 unspecified atom stereocenters. The molecule has 0 amide bonds. The highest BCUT2D eigenvalue weighted by Crippen LogP contribution is 2.35. The van der Waals surface area contributed by atoms with Gasteiger partial charge >= 0.3 is 0 Å². The minimum atomic E-state index is 0.456. The number of rotatable bonds is 11. The van der Waals surface area contributed by atoms with E-state index in [-0.39, 0.29) is 0 Å². The molecule has 4 nitrogen and oxygen atoms in total. The third kappa shape index (κ3) is 6.43. The van der Waals surface area contributed by atoms with E-state index in [0.29, 0.717) is 12.0 Å². The fourth-order valence-electron chi connectivity index (χ4n) is 2.17. The Balaban J connectivity index is 3.48. The van der Waals surface area contributed by atoms with Gasteiger partial charge in [0.05, 0.1) is 6.61 Å². The third-order valence-corrected chi connectivity index (χ3v) is 3.76. The van der Waals surface area contributed by atoms with Gasteiger partial charge in [0.1, 0.15) is 0 Å². The molecule has 0 aromatic carbocycles. The zero-order valence-electron chi connectivity index (χ0n) is 10.8. The lowest BCUT2D eigenvalue weighted by Gasteiger charge is -2.30. The average molecular weight is 234 g/mol. The van der Waals surface area contributed by atoms with Crippen molar-refractivity contribution in [3.8, 4) is 0 Å². The van der Waals surface area contributed by atoms with Gasteiger partial charge in [-0.25, -0.2) is 10.1 Å². The molecule has 0 radical (unpaired) electrons. The number of hydrogen-bond donors (Lipinski definition) is 1. The van der Waals surface area contributed by atoms with Gasteiger partial charge in [-0.15, -0.1) is 0 Å². The van der Waals surface area contributed by atoms with Gasteiger partial charge in [0, 0.05) is 0 Å². The van der Waals surface area contributed by atoms with Crippen molar-refractivity contribution in [2.24, 2.45) is 5.41 Å². The largest absolute Gasteiger partial charge is 0.219 e. The van der Waals surface area contributed by atoms with Gasteiger partial charge in [-0.05, 0) is 28.3 Å². The van der Waals surface area contributed by atoms with Crippen molar-refractivity contribution in [2.45, 2.75) is 65.7 Å². The molecule has 0 spiro atoms. The van der Waals surface area contributed by atoms with E-state index >= 15 is 0 Å². The highest BCUT2D eigenvalue weighted by atomic mass is 17.6. The topological polar surface area (TPSA) is 47.9 Å². The molecule has 1 N–H and O–H groups in total. The maximum Gasteiger partial charge on any atom is 0.0854 e. The molecule has 0 aliphatic rings. The second-order valence-electron chi connectivity index (χ2n) is 4.34. The van der Waals surface area contributed by atoms with E-state index < -0.39 is 0 Å². The Hall–Kier alpha value is -0.160. The zero-order chi connectivity index (χ0) is 12.3. The monoisotopic (exact) mass is 234 g/mol. The summed E-state index contributed by atoms with van der Waals surface area (Å²) in [5.41, 5.74) is 0.533. The normalized spacial score (nSPS) is 12.0. The van der Waals surface area contributed by atoms with E-state index in [1.807, 2.05) is 0 Å². The van der Waals surface area contributed by atoms with Crippen LogP contribution in [0.15, 0.2) is 0 Å². The fraction of sp³-hybridized carbons (Fsp3) is 1.00. The van der Waals surface area contributed by atoms with E-state index in [0.717, 1.165) is 12.8 Å². The number of unbranched alkanes of at least 4 members (excludes halogenated alkanes) is 2. The molecule has 0 aliphatic heterocycles. The summed E-state index contributed by atoms with van der Waals surface area (Å²) < 4.78 is 0. The Morgan fingerprint density at radius 3 is 2.06 bits per heavy atom. The van der Waals surface area contributed by atoms with Crippen molar-refractivity contribution < 1.29 is 20.2 Å². The lowest BCUT2D eigenvalue weighted by Crippen LogP contribution is -2.17. The molecule has 0 heterocycles. The molecule has 0 bridgehead atoms. The summed E-state index contributed by atoms with van der Waals surface area (Å²) >= 11 is 0. The van der Waals surface area contributed by atoms with Crippen molar-refractivity contribution in [3.05, 3.63) is 0 Å². The standard InChI is InChI=1S/C12H26O4/c1-4-12(5-2,6-3)10-8-7-9-11-14-16-15-13/h13H,4-11H2,1-3H3. The van der Waals surface area contributed by atoms with Gasteiger partial charge in [-0.1, -0.05) is 52.9 Å². The predicted molar refractivity (Wildman–Crippen MR) is 62.5 cm³/mol. The predicted octanol–water partition coefficient (Wildman–Crippen LogP) is 4.12. The van der Waals surface area contributed by atoms with Crippen molar-refractivity contribution in [2.75, 3.05) is 6.61 Å². The Morgan fingerprint density at radius 2 is 1.56 bits per heavy atom. The summed E-state index contributed by atoms with van der Waals surface area (Å²) in [4.78, 5) is 4.52. The molecule has 0 aliphatic carbocycles. The average Bonchev–Trinajstić information content (AvgIpc) is 2.34. The Labute approximate surface area is 98.7 Å². The van der Waals surface area contributed by atoms with E-state index in [1.54, 1.807) is 0 Å². The van der Waals surface area contributed by atoms with Crippen LogP contribution in [0, 0.1) is 5.41 Å². The molecule has 0 saturated heterocycles. The van der Waals surface area contributed by atoms with Crippen LogP contribution in [-0.4, -0.2) is 11.9 Å². The van der Waals surface area contributed by atoms with Crippen molar-refractivity contribution >= 4 is 0 Å². The molecule has 0 aromatic heterocycles. The summed E-state index contributed by atoms with van der Waals surface area (Å²) in [6.45, 7) is 7.30. The summed E-state index contributed by atoms with van der Waals surface area (Å²) in [6, 6.07) is 0. The van der Waals surface area contributed by atoms with Crippen LogP contribution >= 0.6 is 0 Å². The molecule has 0 aromatic rings. The van der Waals surface area contributed by atoms with Gasteiger partial charge in [0.15, 0.2) is 0 Å². The zero-order valence-corrected chi connectivity index (χ0v) is 10.8. The van der Waals surface area contributed by atoms with Crippen LogP contribution in [-0.2, 0) is 15.0 Å². The van der Waals surface area contributed by atoms with E-state index in [1.165, 1.54) is 32.1 Å². The lowest BCUT2D eigenvalue weighted by atomic mass is 9.76. The molecule has 0 fully saturated rings. The maximum atomic E-state index is 7.82. The minimum absolute atomic E-state index is 0.456. The SMILES string of the molecule is CCC(CC)(CC)CCCCCOOOO. The molecule has 0 atom stereocenters. The third-order valence-electron chi connectivity index (χ3n) is 3.76. The van der Waals surface area contributed by atoms with Gasteiger partial charge in [-0.3, -0.25) is 0 Å². The second kappa shape index (κ2) is 10.0. The lowest BCUT2D eigenvalue weighted by molar-refractivity contribution is -0.623. The van der Waals surface area contributed by atoms with Crippen LogP contribution < -0.4 is 0 Å². The van der Waals surface area contributed by atoms with Crippen molar-refractivity contribution in [1.29, 1.82) is 0 Å². The van der Waals surface area contributed by atoms with E-state index in [2.05, 4.69) is 35.7 Å². The first-order chi connectivity index (χ1) is 7.74. The highest BCUT2D eigenvalue weighted by Gasteiger charge is 2.22. The molecule has 0 saturated carbocycles. The summed E-state index contributed by atoms with van der Waals surface area (Å²) in [6.07, 6.45) is 8.34. The first kappa shape index (κ1) is 15.8. The highest BCUT2D eigenvalue weighted by molar-refractivity contribution is 4.74. The van der Waals surface area contributed by atoms with Crippen LogP contribution in [0.25, 0.3) is 0 Å².